The number of nitrogen functional groups attached to an aromatic ring is 1. The summed E-state index contributed by atoms with van der Waals surface area (Å²) in [6, 6.07) is 7.50. The number of pyridine rings is 2. The van der Waals surface area contributed by atoms with Crippen molar-refractivity contribution < 1.29 is 4.79 Å². The number of anilines is 2. The Labute approximate surface area is 147 Å². The van der Waals surface area contributed by atoms with Crippen molar-refractivity contribution in [2.24, 2.45) is 0 Å². The molecule has 130 valence electrons. The number of carbonyl (C=O) groups is 1. The van der Waals surface area contributed by atoms with Crippen LogP contribution in [0.1, 0.15) is 46.8 Å². The maximum absolute atomic E-state index is 13.0. The van der Waals surface area contributed by atoms with Crippen molar-refractivity contribution in [2.45, 2.75) is 25.2 Å². The molecule has 2 fully saturated rings. The second kappa shape index (κ2) is 6.80. The molecule has 0 radical (unpaired) electrons. The molecule has 6 nitrogen and oxygen atoms in total. The number of nitrogens with zero attached hydrogens (tertiary/aromatic N) is 3. The van der Waals surface area contributed by atoms with Gasteiger partial charge in [-0.15, -0.1) is 0 Å². The first-order chi connectivity index (χ1) is 12.2. The standard InChI is InChI=1S/C19H23N5O/c20-19-15(11-14(12-22-19)13-5-6-13)18(25)16-3-1-4-17(23-16)24-9-2-7-21-8-10-24/h1,3-4,11-13,21H,2,5-10H2,(H2,20,22). The molecule has 0 spiro atoms. The largest absolute Gasteiger partial charge is 0.383 e. The number of nitrogens with two attached hydrogens (primary N) is 1. The predicted octanol–water partition coefficient (Wildman–Crippen LogP) is 1.97. The van der Waals surface area contributed by atoms with Crippen LogP contribution >= 0.6 is 0 Å². The van der Waals surface area contributed by atoms with E-state index in [0.717, 1.165) is 56.8 Å². The number of carbonyl (C=O) groups excluding carboxylic acids is 1. The Morgan fingerprint density at radius 3 is 2.96 bits per heavy atom. The summed E-state index contributed by atoms with van der Waals surface area (Å²) in [5.41, 5.74) is 7.97. The van der Waals surface area contributed by atoms with Gasteiger partial charge in [0.15, 0.2) is 0 Å². The van der Waals surface area contributed by atoms with Gasteiger partial charge >= 0.3 is 0 Å². The van der Waals surface area contributed by atoms with Gasteiger partial charge in [-0.3, -0.25) is 4.79 Å². The van der Waals surface area contributed by atoms with E-state index in [2.05, 4.69) is 20.2 Å². The number of nitrogens with one attached hydrogen (secondary N) is 1. The van der Waals surface area contributed by atoms with Gasteiger partial charge in [0, 0.05) is 25.8 Å². The highest BCUT2D eigenvalue weighted by Gasteiger charge is 2.26. The monoisotopic (exact) mass is 337 g/mol. The molecule has 0 bridgehead atoms. The van der Waals surface area contributed by atoms with E-state index in [-0.39, 0.29) is 11.6 Å². The Bertz CT molecular complexity index is 779. The van der Waals surface area contributed by atoms with Crippen molar-refractivity contribution in [3.05, 3.63) is 47.3 Å². The van der Waals surface area contributed by atoms with E-state index in [1.165, 1.54) is 0 Å². The van der Waals surface area contributed by atoms with Gasteiger partial charge < -0.3 is 16.0 Å². The molecule has 0 unspecified atom stereocenters. The predicted molar refractivity (Wildman–Crippen MR) is 98.0 cm³/mol. The van der Waals surface area contributed by atoms with Crippen LogP contribution in [0.25, 0.3) is 0 Å². The molecule has 1 aliphatic carbocycles. The summed E-state index contributed by atoms with van der Waals surface area (Å²) >= 11 is 0. The summed E-state index contributed by atoms with van der Waals surface area (Å²) < 4.78 is 0. The van der Waals surface area contributed by atoms with Gasteiger partial charge in [0.25, 0.3) is 0 Å². The van der Waals surface area contributed by atoms with Crippen LogP contribution in [0.15, 0.2) is 30.5 Å². The maximum Gasteiger partial charge on any atom is 0.215 e. The van der Waals surface area contributed by atoms with Crippen LogP contribution in [-0.4, -0.2) is 41.9 Å². The topological polar surface area (TPSA) is 84.1 Å². The van der Waals surface area contributed by atoms with Crippen molar-refractivity contribution in [3.63, 3.8) is 0 Å². The highest BCUT2D eigenvalue weighted by atomic mass is 16.1. The molecule has 2 aromatic heterocycles. The van der Waals surface area contributed by atoms with Crippen LogP contribution in [0.4, 0.5) is 11.6 Å². The molecule has 1 aliphatic heterocycles. The van der Waals surface area contributed by atoms with E-state index < -0.39 is 0 Å². The molecule has 0 atom stereocenters. The molecule has 3 heterocycles. The molecule has 0 amide bonds. The van der Waals surface area contributed by atoms with Gasteiger partial charge in [0.05, 0.1) is 5.56 Å². The lowest BCUT2D eigenvalue weighted by Crippen LogP contribution is -2.29. The minimum Gasteiger partial charge on any atom is -0.383 e. The Morgan fingerprint density at radius 1 is 1.24 bits per heavy atom. The average Bonchev–Trinajstić information content (AvgIpc) is 3.48. The minimum absolute atomic E-state index is 0.151. The lowest BCUT2D eigenvalue weighted by molar-refractivity contribution is 0.103. The third kappa shape index (κ3) is 3.49. The second-order valence-electron chi connectivity index (χ2n) is 6.78. The number of hydrogen-bond acceptors (Lipinski definition) is 6. The fraction of sp³-hybridized carbons (Fsp3) is 0.421. The van der Waals surface area contributed by atoms with E-state index in [9.17, 15) is 4.79 Å². The second-order valence-corrected chi connectivity index (χ2v) is 6.78. The summed E-state index contributed by atoms with van der Waals surface area (Å²) in [6.07, 6.45) is 5.18. The van der Waals surface area contributed by atoms with E-state index >= 15 is 0 Å². The number of aromatic nitrogens is 2. The summed E-state index contributed by atoms with van der Waals surface area (Å²) in [7, 11) is 0. The number of ketones is 1. The summed E-state index contributed by atoms with van der Waals surface area (Å²) in [5, 5.41) is 3.38. The van der Waals surface area contributed by atoms with Crippen molar-refractivity contribution >= 4 is 17.4 Å². The minimum atomic E-state index is -0.151. The maximum atomic E-state index is 13.0. The van der Waals surface area contributed by atoms with Gasteiger partial charge in [0.2, 0.25) is 5.78 Å². The molecular formula is C19H23N5O. The SMILES string of the molecule is Nc1ncc(C2CC2)cc1C(=O)c1cccc(N2CCCNCC2)n1. The van der Waals surface area contributed by atoms with Crippen LogP contribution in [0.3, 0.4) is 0 Å². The number of hydrogen-bond donors (Lipinski definition) is 2. The first kappa shape index (κ1) is 16.0. The highest BCUT2D eigenvalue weighted by molar-refractivity contribution is 6.10. The Morgan fingerprint density at radius 2 is 2.12 bits per heavy atom. The van der Waals surface area contributed by atoms with Crippen LogP contribution in [-0.2, 0) is 0 Å². The molecule has 1 saturated carbocycles. The van der Waals surface area contributed by atoms with E-state index in [1.54, 1.807) is 12.3 Å². The molecule has 0 aromatic carbocycles. The van der Waals surface area contributed by atoms with Crippen molar-refractivity contribution in [1.82, 2.24) is 15.3 Å². The highest BCUT2D eigenvalue weighted by Crippen LogP contribution is 2.40. The smallest absolute Gasteiger partial charge is 0.215 e. The van der Waals surface area contributed by atoms with Crippen molar-refractivity contribution in [2.75, 3.05) is 36.8 Å². The van der Waals surface area contributed by atoms with Gasteiger partial charge in [-0.05, 0) is 55.5 Å². The average molecular weight is 337 g/mol. The molecular weight excluding hydrogens is 314 g/mol. The lowest BCUT2D eigenvalue weighted by Gasteiger charge is -2.21. The summed E-state index contributed by atoms with van der Waals surface area (Å²) in [5.74, 6) is 1.51. The zero-order chi connectivity index (χ0) is 17.2. The van der Waals surface area contributed by atoms with Crippen molar-refractivity contribution in [3.8, 4) is 0 Å². The molecule has 4 rings (SSSR count). The molecule has 2 aromatic rings. The van der Waals surface area contributed by atoms with E-state index in [4.69, 9.17) is 5.73 Å². The van der Waals surface area contributed by atoms with Gasteiger partial charge in [-0.1, -0.05) is 6.07 Å². The quantitative estimate of drug-likeness (QED) is 0.830. The zero-order valence-electron chi connectivity index (χ0n) is 14.2. The van der Waals surface area contributed by atoms with Gasteiger partial charge in [0.1, 0.15) is 17.3 Å². The van der Waals surface area contributed by atoms with E-state index in [1.807, 2.05) is 18.2 Å². The van der Waals surface area contributed by atoms with Crippen LogP contribution in [0.2, 0.25) is 0 Å². The first-order valence-corrected chi connectivity index (χ1v) is 8.95. The molecule has 2 aliphatic rings. The lowest BCUT2D eigenvalue weighted by atomic mass is 10.0. The molecule has 6 heteroatoms. The molecule has 1 saturated heterocycles. The third-order valence-electron chi connectivity index (χ3n) is 4.86. The van der Waals surface area contributed by atoms with Gasteiger partial charge in [-0.2, -0.15) is 0 Å². The Kier molecular flexibility index (Phi) is 4.36. The fourth-order valence-corrected chi connectivity index (χ4v) is 3.25. The summed E-state index contributed by atoms with van der Waals surface area (Å²) in [4.78, 5) is 24.0. The third-order valence-corrected chi connectivity index (χ3v) is 4.86. The Hall–Kier alpha value is -2.47. The normalized spacial score (nSPS) is 18.0. The Balaban J connectivity index is 1.62. The zero-order valence-corrected chi connectivity index (χ0v) is 14.2. The molecule has 3 N–H and O–H groups in total. The fourth-order valence-electron chi connectivity index (χ4n) is 3.25. The van der Waals surface area contributed by atoms with Crippen LogP contribution < -0.4 is 16.0 Å². The first-order valence-electron chi connectivity index (χ1n) is 8.95. The van der Waals surface area contributed by atoms with Crippen molar-refractivity contribution in [1.29, 1.82) is 0 Å². The van der Waals surface area contributed by atoms with Crippen LogP contribution in [0, 0.1) is 0 Å². The van der Waals surface area contributed by atoms with E-state index in [0.29, 0.717) is 17.2 Å². The van der Waals surface area contributed by atoms with Crippen LogP contribution in [0.5, 0.6) is 0 Å². The summed E-state index contributed by atoms with van der Waals surface area (Å²) in [6.45, 7) is 3.79. The number of rotatable bonds is 4. The van der Waals surface area contributed by atoms with Gasteiger partial charge in [-0.25, -0.2) is 9.97 Å². The molecule has 25 heavy (non-hydrogen) atoms.